The Morgan fingerprint density at radius 1 is 0.950 bits per heavy atom. The molecular formula is C16H25BO3. The molecule has 0 amide bonds. The van der Waals surface area contributed by atoms with Gasteiger partial charge in [0, 0.05) is 0 Å². The molecule has 0 aromatic heterocycles. The van der Waals surface area contributed by atoms with Gasteiger partial charge in [0.25, 0.3) is 0 Å². The van der Waals surface area contributed by atoms with Gasteiger partial charge in [0.1, 0.15) is 0 Å². The summed E-state index contributed by atoms with van der Waals surface area (Å²) in [6, 6.07) is 7.85. The average molecular weight is 276 g/mol. The van der Waals surface area contributed by atoms with Gasteiger partial charge in [-0.2, -0.15) is 0 Å². The zero-order chi connectivity index (χ0) is 15.1. The summed E-state index contributed by atoms with van der Waals surface area (Å²) in [6.45, 7) is 12.2. The molecule has 0 saturated carbocycles. The summed E-state index contributed by atoms with van der Waals surface area (Å²) >= 11 is 0. The molecule has 20 heavy (non-hydrogen) atoms. The van der Waals surface area contributed by atoms with Gasteiger partial charge in [-0.05, 0) is 44.6 Å². The van der Waals surface area contributed by atoms with Crippen molar-refractivity contribution < 1.29 is 14.4 Å². The first-order valence-electron chi connectivity index (χ1n) is 7.27. The highest BCUT2D eigenvalue weighted by Gasteiger charge is 2.51. The van der Waals surface area contributed by atoms with Crippen LogP contribution in [0.5, 0.6) is 0 Å². The van der Waals surface area contributed by atoms with Crippen molar-refractivity contribution in [3.8, 4) is 0 Å². The van der Waals surface area contributed by atoms with Crippen LogP contribution >= 0.6 is 0 Å². The van der Waals surface area contributed by atoms with Crippen LogP contribution in [0.15, 0.2) is 24.3 Å². The Labute approximate surface area is 122 Å². The van der Waals surface area contributed by atoms with E-state index >= 15 is 0 Å². The van der Waals surface area contributed by atoms with E-state index in [1.54, 1.807) is 0 Å². The quantitative estimate of drug-likeness (QED) is 0.863. The van der Waals surface area contributed by atoms with E-state index in [0.717, 1.165) is 11.0 Å². The van der Waals surface area contributed by atoms with Gasteiger partial charge in [-0.3, -0.25) is 0 Å². The Kier molecular flexibility index (Phi) is 4.02. The van der Waals surface area contributed by atoms with Crippen molar-refractivity contribution in [1.29, 1.82) is 0 Å². The van der Waals surface area contributed by atoms with E-state index in [0.29, 0.717) is 0 Å². The minimum absolute atomic E-state index is 0.206. The Bertz CT molecular complexity index is 449. The summed E-state index contributed by atoms with van der Waals surface area (Å²) in [4.78, 5) is 0. The SMILES string of the molecule is CC(C)[C@@H](O)c1ccc(B2OC(C)(C)C(C)(C)O2)cc1. The minimum atomic E-state index is -0.428. The normalized spacial score (nSPS) is 22.3. The lowest BCUT2D eigenvalue weighted by atomic mass is 9.78. The van der Waals surface area contributed by atoms with Crippen molar-refractivity contribution in [2.24, 2.45) is 5.92 Å². The number of hydrogen-bond donors (Lipinski definition) is 1. The molecule has 1 heterocycles. The van der Waals surface area contributed by atoms with Crippen molar-refractivity contribution >= 4 is 12.6 Å². The van der Waals surface area contributed by atoms with Crippen LogP contribution in [0.2, 0.25) is 0 Å². The molecular weight excluding hydrogens is 251 g/mol. The highest BCUT2D eigenvalue weighted by atomic mass is 16.7. The Hall–Kier alpha value is -0.835. The Morgan fingerprint density at radius 2 is 1.40 bits per heavy atom. The molecule has 1 aromatic rings. The number of benzene rings is 1. The van der Waals surface area contributed by atoms with Crippen molar-refractivity contribution in [2.75, 3.05) is 0 Å². The summed E-state index contributed by atoms with van der Waals surface area (Å²) in [7, 11) is -0.342. The second kappa shape index (κ2) is 5.17. The second-order valence-electron chi connectivity index (χ2n) is 6.94. The maximum Gasteiger partial charge on any atom is 0.494 e. The molecule has 0 radical (unpaired) electrons. The molecule has 2 rings (SSSR count). The Balaban J connectivity index is 2.16. The molecule has 1 N–H and O–H groups in total. The van der Waals surface area contributed by atoms with E-state index in [-0.39, 0.29) is 24.2 Å². The van der Waals surface area contributed by atoms with Crippen LogP contribution in [0.4, 0.5) is 0 Å². The van der Waals surface area contributed by atoms with Crippen LogP contribution < -0.4 is 5.46 Å². The number of rotatable bonds is 3. The molecule has 0 aliphatic carbocycles. The summed E-state index contributed by atoms with van der Waals surface area (Å²) in [6.07, 6.45) is -0.428. The molecule has 1 aliphatic rings. The van der Waals surface area contributed by atoms with Crippen LogP contribution in [0.25, 0.3) is 0 Å². The lowest BCUT2D eigenvalue weighted by Gasteiger charge is -2.32. The van der Waals surface area contributed by atoms with Gasteiger partial charge in [0.15, 0.2) is 0 Å². The van der Waals surface area contributed by atoms with Crippen molar-refractivity contribution in [1.82, 2.24) is 0 Å². The zero-order valence-corrected chi connectivity index (χ0v) is 13.3. The summed E-state index contributed by atoms with van der Waals surface area (Å²) < 4.78 is 12.0. The molecule has 1 fully saturated rings. The molecule has 0 unspecified atom stereocenters. The van der Waals surface area contributed by atoms with E-state index in [2.05, 4.69) is 0 Å². The predicted octanol–water partition coefficient (Wildman–Crippen LogP) is 2.68. The average Bonchev–Trinajstić information content (AvgIpc) is 2.57. The summed E-state index contributed by atoms with van der Waals surface area (Å²) in [5, 5.41) is 10.1. The fourth-order valence-electron chi connectivity index (χ4n) is 2.21. The van der Waals surface area contributed by atoms with Crippen LogP contribution in [0.3, 0.4) is 0 Å². The highest BCUT2D eigenvalue weighted by molar-refractivity contribution is 6.62. The molecule has 1 aliphatic heterocycles. The fourth-order valence-corrected chi connectivity index (χ4v) is 2.21. The first-order chi connectivity index (χ1) is 9.14. The van der Waals surface area contributed by atoms with Gasteiger partial charge in [-0.25, -0.2) is 0 Å². The van der Waals surface area contributed by atoms with E-state index in [4.69, 9.17) is 9.31 Å². The summed E-state index contributed by atoms with van der Waals surface area (Å²) in [5.74, 6) is 0.206. The first-order valence-corrected chi connectivity index (χ1v) is 7.27. The van der Waals surface area contributed by atoms with Crippen molar-refractivity contribution in [3.63, 3.8) is 0 Å². The standard InChI is InChI=1S/C16H25BO3/c1-11(2)14(18)12-7-9-13(10-8-12)17-19-15(3,4)16(5,6)20-17/h7-11,14,18H,1-6H3/t14-/m1/s1. The summed E-state index contributed by atoms with van der Waals surface area (Å²) in [5.41, 5.74) is 1.27. The topological polar surface area (TPSA) is 38.7 Å². The Morgan fingerprint density at radius 3 is 1.80 bits per heavy atom. The van der Waals surface area contributed by atoms with Gasteiger partial charge >= 0.3 is 7.12 Å². The van der Waals surface area contributed by atoms with Crippen LogP contribution in [-0.4, -0.2) is 23.4 Å². The monoisotopic (exact) mass is 276 g/mol. The molecule has 4 heteroatoms. The minimum Gasteiger partial charge on any atom is -0.399 e. The fraction of sp³-hybridized carbons (Fsp3) is 0.625. The molecule has 3 nitrogen and oxygen atoms in total. The third kappa shape index (κ3) is 2.78. The van der Waals surface area contributed by atoms with Gasteiger partial charge in [0.05, 0.1) is 17.3 Å². The van der Waals surface area contributed by atoms with E-state index < -0.39 is 6.10 Å². The molecule has 1 saturated heterocycles. The largest absolute Gasteiger partial charge is 0.494 e. The van der Waals surface area contributed by atoms with Gasteiger partial charge in [0.2, 0.25) is 0 Å². The molecule has 110 valence electrons. The maximum absolute atomic E-state index is 10.1. The van der Waals surface area contributed by atoms with Gasteiger partial charge in [-0.15, -0.1) is 0 Å². The van der Waals surface area contributed by atoms with Crippen LogP contribution in [-0.2, 0) is 9.31 Å². The zero-order valence-electron chi connectivity index (χ0n) is 13.3. The van der Waals surface area contributed by atoms with Crippen LogP contribution in [0.1, 0.15) is 53.2 Å². The maximum atomic E-state index is 10.1. The lowest BCUT2D eigenvalue weighted by molar-refractivity contribution is 0.00578. The number of aliphatic hydroxyl groups is 1. The molecule has 1 atom stereocenters. The van der Waals surface area contributed by atoms with Gasteiger partial charge < -0.3 is 14.4 Å². The van der Waals surface area contributed by atoms with Crippen LogP contribution in [0, 0.1) is 5.92 Å². The first kappa shape index (κ1) is 15.6. The smallest absolute Gasteiger partial charge is 0.399 e. The lowest BCUT2D eigenvalue weighted by Crippen LogP contribution is -2.41. The van der Waals surface area contributed by atoms with Crippen molar-refractivity contribution in [3.05, 3.63) is 29.8 Å². The van der Waals surface area contributed by atoms with Crippen molar-refractivity contribution in [2.45, 2.75) is 58.8 Å². The second-order valence-corrected chi connectivity index (χ2v) is 6.94. The van der Waals surface area contributed by atoms with E-state index in [1.807, 2.05) is 65.8 Å². The third-order valence-corrected chi connectivity index (χ3v) is 4.43. The third-order valence-electron chi connectivity index (χ3n) is 4.43. The molecule has 1 aromatic carbocycles. The molecule has 0 spiro atoms. The predicted molar refractivity (Wildman–Crippen MR) is 82.0 cm³/mol. The van der Waals surface area contributed by atoms with E-state index in [1.165, 1.54) is 0 Å². The number of hydrogen-bond acceptors (Lipinski definition) is 3. The number of aliphatic hydroxyl groups excluding tert-OH is 1. The van der Waals surface area contributed by atoms with Gasteiger partial charge in [-0.1, -0.05) is 38.1 Å². The highest BCUT2D eigenvalue weighted by Crippen LogP contribution is 2.36. The molecule has 0 bridgehead atoms. The van der Waals surface area contributed by atoms with E-state index in [9.17, 15) is 5.11 Å².